The average molecular weight is 443 g/mol. The molecule has 0 atom stereocenters. The normalized spacial score (nSPS) is 16.6. The van der Waals surface area contributed by atoms with Gasteiger partial charge in [0.05, 0.1) is 17.7 Å². The van der Waals surface area contributed by atoms with Gasteiger partial charge in [-0.05, 0) is 79.9 Å². The molecule has 1 aliphatic rings. The van der Waals surface area contributed by atoms with Crippen molar-refractivity contribution in [2.75, 3.05) is 6.61 Å². The Morgan fingerprint density at radius 1 is 1.22 bits per heavy atom. The molecule has 1 aromatic rings. The van der Waals surface area contributed by atoms with E-state index in [1.807, 2.05) is 0 Å². The van der Waals surface area contributed by atoms with Gasteiger partial charge in [0.25, 0.3) is 0 Å². The van der Waals surface area contributed by atoms with Gasteiger partial charge in [-0.2, -0.15) is 0 Å². The Morgan fingerprint density at radius 2 is 1.91 bits per heavy atom. The first-order chi connectivity index (χ1) is 15.1. The van der Waals surface area contributed by atoms with Gasteiger partial charge in [-0.1, -0.05) is 58.6 Å². The highest BCUT2D eigenvalue weighted by Crippen LogP contribution is 2.46. The van der Waals surface area contributed by atoms with Crippen LogP contribution in [0.2, 0.25) is 0 Å². The predicted molar refractivity (Wildman–Crippen MR) is 130 cm³/mol. The smallest absolute Gasteiger partial charge is 0.338 e. The standard InChI is InChI=1S/C28H39FO3/c1-7-8-9-10-11-17-32-27(31)22-14-15-23(24(30)18-22)26(29)21(4)20(3)25-19(2)13-12-16-28(25,5)6/h14-15,18,30H,3,7-13,16-17H2,1-2,4-6H3. The number of phenolic OH excluding ortho intramolecular Hbond substituents is 1. The van der Waals surface area contributed by atoms with Crippen LogP contribution in [0.15, 0.2) is 47.1 Å². The van der Waals surface area contributed by atoms with Crippen LogP contribution in [-0.4, -0.2) is 17.7 Å². The highest BCUT2D eigenvalue weighted by molar-refractivity contribution is 5.90. The molecular weight excluding hydrogens is 403 g/mol. The lowest BCUT2D eigenvalue weighted by molar-refractivity contribution is 0.0497. The number of hydrogen-bond donors (Lipinski definition) is 1. The van der Waals surface area contributed by atoms with Gasteiger partial charge in [0.1, 0.15) is 11.6 Å². The first-order valence-corrected chi connectivity index (χ1v) is 11.9. The lowest BCUT2D eigenvalue weighted by Gasteiger charge is -2.36. The summed E-state index contributed by atoms with van der Waals surface area (Å²) in [6.45, 7) is 14.8. The quantitative estimate of drug-likeness (QED) is 0.225. The molecule has 3 nitrogen and oxygen atoms in total. The van der Waals surface area contributed by atoms with Crippen molar-refractivity contribution in [3.05, 3.63) is 58.2 Å². The Morgan fingerprint density at radius 3 is 2.53 bits per heavy atom. The lowest BCUT2D eigenvalue weighted by atomic mass is 9.69. The number of ether oxygens (including phenoxy) is 1. The molecule has 0 fully saturated rings. The highest BCUT2D eigenvalue weighted by atomic mass is 19.1. The van der Waals surface area contributed by atoms with Crippen LogP contribution in [0, 0.1) is 5.41 Å². The fourth-order valence-corrected chi connectivity index (χ4v) is 4.61. The number of halogens is 1. The Bertz CT molecular complexity index is 905. The number of allylic oxidation sites excluding steroid dienone is 4. The molecule has 0 radical (unpaired) electrons. The fourth-order valence-electron chi connectivity index (χ4n) is 4.61. The molecule has 0 unspecified atom stereocenters. The van der Waals surface area contributed by atoms with Gasteiger partial charge in [-0.3, -0.25) is 0 Å². The second-order valence-electron chi connectivity index (χ2n) is 9.59. The molecule has 176 valence electrons. The minimum Gasteiger partial charge on any atom is -0.507 e. The first-order valence-electron chi connectivity index (χ1n) is 11.9. The SMILES string of the molecule is C=C(C(C)=C(F)c1ccc(C(=O)OCCCCCCC)cc1O)C1=C(C)CCCC1(C)C. The highest BCUT2D eigenvalue weighted by Gasteiger charge is 2.31. The van der Waals surface area contributed by atoms with Crippen LogP contribution in [0.3, 0.4) is 0 Å². The van der Waals surface area contributed by atoms with Crippen molar-refractivity contribution < 1.29 is 19.0 Å². The summed E-state index contributed by atoms with van der Waals surface area (Å²) in [5.41, 5.74) is 3.66. The number of esters is 1. The number of rotatable bonds is 10. The van der Waals surface area contributed by atoms with E-state index in [0.717, 1.165) is 50.5 Å². The summed E-state index contributed by atoms with van der Waals surface area (Å²) in [5.74, 6) is -1.30. The van der Waals surface area contributed by atoms with E-state index in [2.05, 4.69) is 34.3 Å². The van der Waals surface area contributed by atoms with Gasteiger partial charge >= 0.3 is 5.97 Å². The molecule has 0 heterocycles. The van der Waals surface area contributed by atoms with Crippen molar-refractivity contribution in [2.45, 2.75) is 86.0 Å². The maximum atomic E-state index is 15.4. The maximum Gasteiger partial charge on any atom is 0.338 e. The summed E-state index contributed by atoms with van der Waals surface area (Å²) in [6.07, 6.45) is 8.48. The van der Waals surface area contributed by atoms with Crippen LogP contribution in [0.1, 0.15) is 102 Å². The molecule has 0 aliphatic heterocycles. The molecule has 0 aromatic heterocycles. The maximum absolute atomic E-state index is 15.4. The number of phenols is 1. The zero-order chi connectivity index (χ0) is 23.9. The molecule has 4 heteroatoms. The zero-order valence-electron chi connectivity index (χ0n) is 20.4. The van der Waals surface area contributed by atoms with E-state index in [0.29, 0.717) is 17.8 Å². The number of unbranched alkanes of at least 4 members (excludes halogenated alkanes) is 4. The van der Waals surface area contributed by atoms with Gasteiger partial charge in [0.2, 0.25) is 0 Å². The third kappa shape index (κ3) is 6.34. The van der Waals surface area contributed by atoms with Crippen LogP contribution in [0.4, 0.5) is 4.39 Å². The Kier molecular flexibility index (Phi) is 9.30. The van der Waals surface area contributed by atoms with Crippen LogP contribution in [-0.2, 0) is 4.74 Å². The van der Waals surface area contributed by atoms with Crippen molar-refractivity contribution in [3.8, 4) is 5.75 Å². The Hall–Kier alpha value is -2.36. The molecule has 0 bridgehead atoms. The summed E-state index contributed by atoms with van der Waals surface area (Å²) < 4.78 is 20.7. The van der Waals surface area contributed by atoms with Crippen molar-refractivity contribution >= 4 is 11.8 Å². The third-order valence-corrected chi connectivity index (χ3v) is 6.49. The predicted octanol–water partition coefficient (Wildman–Crippen LogP) is 8.30. The van der Waals surface area contributed by atoms with E-state index in [9.17, 15) is 9.90 Å². The lowest BCUT2D eigenvalue weighted by Crippen LogP contribution is -2.22. The second-order valence-corrected chi connectivity index (χ2v) is 9.59. The fraction of sp³-hybridized carbons (Fsp3) is 0.536. The topological polar surface area (TPSA) is 46.5 Å². The molecule has 1 aliphatic carbocycles. The minimum absolute atomic E-state index is 0.0617. The van der Waals surface area contributed by atoms with Crippen molar-refractivity contribution in [1.82, 2.24) is 0 Å². The van der Waals surface area contributed by atoms with Crippen LogP contribution in [0.5, 0.6) is 5.75 Å². The van der Waals surface area contributed by atoms with E-state index in [4.69, 9.17) is 4.74 Å². The zero-order valence-corrected chi connectivity index (χ0v) is 20.4. The minimum atomic E-state index is -0.523. The number of benzene rings is 1. The van der Waals surface area contributed by atoms with Crippen molar-refractivity contribution in [3.63, 3.8) is 0 Å². The average Bonchev–Trinajstić information content (AvgIpc) is 2.74. The van der Waals surface area contributed by atoms with E-state index in [1.165, 1.54) is 30.2 Å². The Balaban J connectivity index is 2.15. The molecule has 0 saturated heterocycles. The van der Waals surface area contributed by atoms with E-state index >= 15 is 4.39 Å². The number of hydrogen-bond acceptors (Lipinski definition) is 3. The number of carbonyl (C=O) groups is 1. The van der Waals surface area contributed by atoms with Crippen LogP contribution in [0.25, 0.3) is 5.83 Å². The van der Waals surface area contributed by atoms with Gasteiger partial charge in [-0.15, -0.1) is 0 Å². The van der Waals surface area contributed by atoms with Crippen molar-refractivity contribution in [1.29, 1.82) is 0 Å². The molecule has 0 spiro atoms. The van der Waals surface area contributed by atoms with Crippen molar-refractivity contribution in [2.24, 2.45) is 5.41 Å². The summed E-state index contributed by atoms with van der Waals surface area (Å²) in [4.78, 5) is 12.3. The molecule has 0 amide bonds. The first kappa shape index (κ1) is 25.9. The van der Waals surface area contributed by atoms with Gasteiger partial charge < -0.3 is 9.84 Å². The van der Waals surface area contributed by atoms with Crippen LogP contribution >= 0.6 is 0 Å². The molecule has 32 heavy (non-hydrogen) atoms. The van der Waals surface area contributed by atoms with Gasteiger partial charge in [0, 0.05) is 0 Å². The third-order valence-electron chi connectivity index (χ3n) is 6.49. The second kappa shape index (κ2) is 11.5. The summed E-state index contributed by atoms with van der Waals surface area (Å²) in [7, 11) is 0. The molecular formula is C28H39FO3. The number of carbonyl (C=O) groups excluding carboxylic acids is 1. The van der Waals surface area contributed by atoms with Crippen LogP contribution < -0.4 is 0 Å². The molecule has 1 N–H and O–H groups in total. The summed E-state index contributed by atoms with van der Waals surface area (Å²) in [6, 6.07) is 4.21. The molecule has 0 saturated carbocycles. The van der Waals surface area contributed by atoms with E-state index in [1.54, 1.807) is 6.92 Å². The van der Waals surface area contributed by atoms with Gasteiger partial charge in [-0.25, -0.2) is 9.18 Å². The van der Waals surface area contributed by atoms with E-state index in [-0.39, 0.29) is 22.3 Å². The largest absolute Gasteiger partial charge is 0.507 e. The molecule has 2 rings (SSSR count). The molecule has 1 aromatic carbocycles. The van der Waals surface area contributed by atoms with E-state index < -0.39 is 11.8 Å². The summed E-state index contributed by atoms with van der Waals surface area (Å²) in [5, 5.41) is 10.5. The number of aromatic hydroxyl groups is 1. The summed E-state index contributed by atoms with van der Waals surface area (Å²) >= 11 is 0. The monoisotopic (exact) mass is 442 g/mol. The Labute approximate surface area is 193 Å². The van der Waals surface area contributed by atoms with Gasteiger partial charge in [0.15, 0.2) is 0 Å².